The third kappa shape index (κ3) is 5.35. The second-order valence-electron chi connectivity index (χ2n) is 8.22. The molecule has 1 aromatic heterocycles. The first kappa shape index (κ1) is 23.8. The van der Waals surface area contributed by atoms with E-state index in [2.05, 4.69) is 0 Å². The molecule has 9 heteroatoms. The van der Waals surface area contributed by atoms with Gasteiger partial charge in [-0.25, -0.2) is 0 Å². The Morgan fingerprint density at radius 3 is 1.70 bits per heavy atom. The topological polar surface area (TPSA) is 101 Å². The first-order valence-electron chi connectivity index (χ1n) is 11.0. The van der Waals surface area contributed by atoms with Crippen molar-refractivity contribution in [1.29, 1.82) is 0 Å². The highest BCUT2D eigenvalue weighted by atomic mass is 19.4. The number of benzene rings is 4. The number of hydrogen-bond donors (Lipinski definition) is 2. The van der Waals surface area contributed by atoms with Gasteiger partial charge in [-0.05, 0) is 78.9 Å². The van der Waals surface area contributed by atoms with Gasteiger partial charge in [0, 0.05) is 29.1 Å². The minimum atomic E-state index is -4.58. The van der Waals surface area contributed by atoms with Gasteiger partial charge >= 0.3 is 6.18 Å². The van der Waals surface area contributed by atoms with Crippen LogP contribution in [0.3, 0.4) is 0 Å². The van der Waals surface area contributed by atoms with Crippen molar-refractivity contribution in [3.8, 4) is 34.3 Å². The van der Waals surface area contributed by atoms with E-state index < -0.39 is 17.2 Å². The standard InChI is InChI=1S/C28H19F3N2O4/c29-28(30,31)17-1-10-26-24(13-17)25(34)15-27(37-26)16-11-22(35-20-6-2-18(32)3-7-20)14-23(12-16)36-21-8-4-19(33)5-9-21/h1-15H,32-33H2. The molecule has 0 fully saturated rings. The molecule has 0 radical (unpaired) electrons. The lowest BCUT2D eigenvalue weighted by Crippen LogP contribution is -2.07. The molecule has 0 bridgehead atoms. The Morgan fingerprint density at radius 1 is 0.649 bits per heavy atom. The predicted molar refractivity (Wildman–Crippen MR) is 135 cm³/mol. The Kier molecular flexibility index (Phi) is 5.96. The normalized spacial score (nSPS) is 11.4. The molecule has 4 N–H and O–H groups in total. The molecule has 37 heavy (non-hydrogen) atoms. The van der Waals surface area contributed by atoms with E-state index in [0.717, 1.165) is 24.3 Å². The summed E-state index contributed by atoms with van der Waals surface area (Å²) < 4.78 is 57.1. The molecule has 0 spiro atoms. The van der Waals surface area contributed by atoms with Gasteiger partial charge in [0.25, 0.3) is 0 Å². The number of nitrogens with two attached hydrogens (primary N) is 2. The Labute approximate surface area is 208 Å². The molecule has 5 rings (SSSR count). The summed E-state index contributed by atoms with van der Waals surface area (Å²) in [5.41, 5.74) is 11.5. The van der Waals surface area contributed by atoms with Crippen LogP contribution in [0.5, 0.6) is 23.0 Å². The third-order valence-corrected chi connectivity index (χ3v) is 5.45. The molecule has 0 atom stereocenters. The van der Waals surface area contributed by atoms with Crippen molar-refractivity contribution in [2.24, 2.45) is 0 Å². The van der Waals surface area contributed by atoms with E-state index in [0.29, 0.717) is 39.9 Å². The summed E-state index contributed by atoms with van der Waals surface area (Å²) in [6.07, 6.45) is -4.58. The molecular weight excluding hydrogens is 485 g/mol. The highest BCUT2D eigenvalue weighted by Gasteiger charge is 2.31. The molecule has 0 aliphatic rings. The smallest absolute Gasteiger partial charge is 0.416 e. The van der Waals surface area contributed by atoms with Crippen molar-refractivity contribution >= 4 is 22.3 Å². The van der Waals surface area contributed by atoms with E-state index in [4.69, 9.17) is 25.4 Å². The fourth-order valence-corrected chi connectivity index (χ4v) is 3.65. The van der Waals surface area contributed by atoms with Gasteiger partial charge < -0.3 is 25.4 Å². The van der Waals surface area contributed by atoms with Crippen LogP contribution in [0.4, 0.5) is 24.5 Å². The van der Waals surface area contributed by atoms with Crippen LogP contribution in [0.15, 0.2) is 100 Å². The molecule has 4 aromatic carbocycles. The molecule has 5 aromatic rings. The Bertz CT molecular complexity index is 1580. The van der Waals surface area contributed by atoms with Gasteiger partial charge in [0.05, 0.1) is 10.9 Å². The lowest BCUT2D eigenvalue weighted by atomic mass is 10.1. The van der Waals surface area contributed by atoms with Gasteiger partial charge in [0.1, 0.15) is 34.3 Å². The Morgan fingerprint density at radius 2 is 1.19 bits per heavy atom. The first-order valence-corrected chi connectivity index (χ1v) is 11.0. The summed E-state index contributed by atoms with van der Waals surface area (Å²) in [6.45, 7) is 0. The highest BCUT2D eigenvalue weighted by Crippen LogP contribution is 2.36. The lowest BCUT2D eigenvalue weighted by Gasteiger charge is -2.13. The van der Waals surface area contributed by atoms with E-state index >= 15 is 0 Å². The second-order valence-corrected chi connectivity index (χ2v) is 8.22. The summed E-state index contributed by atoms with van der Waals surface area (Å²) in [7, 11) is 0. The van der Waals surface area contributed by atoms with E-state index in [1.807, 2.05) is 0 Å². The maximum Gasteiger partial charge on any atom is 0.416 e. The summed E-state index contributed by atoms with van der Waals surface area (Å²) in [5.74, 6) is 1.86. The maximum atomic E-state index is 13.1. The third-order valence-electron chi connectivity index (χ3n) is 5.45. The van der Waals surface area contributed by atoms with Crippen molar-refractivity contribution < 1.29 is 27.1 Å². The summed E-state index contributed by atoms with van der Waals surface area (Å²) in [6, 6.07) is 22.3. The predicted octanol–water partition coefficient (Wildman–Crippen LogP) is 7.23. The molecular formula is C28H19F3N2O4. The maximum absolute atomic E-state index is 13.1. The fourth-order valence-electron chi connectivity index (χ4n) is 3.65. The zero-order valence-electron chi connectivity index (χ0n) is 19.1. The minimum Gasteiger partial charge on any atom is -0.457 e. The van der Waals surface area contributed by atoms with Crippen LogP contribution in [-0.4, -0.2) is 0 Å². The van der Waals surface area contributed by atoms with Gasteiger partial charge in [-0.2, -0.15) is 13.2 Å². The molecule has 0 unspecified atom stereocenters. The SMILES string of the molecule is Nc1ccc(Oc2cc(Oc3ccc(N)cc3)cc(-c3cc(=O)c4cc(C(F)(F)F)ccc4o3)c2)cc1. The quantitative estimate of drug-likeness (QED) is 0.245. The Hall–Kier alpha value is -4.92. The number of rotatable bonds is 5. The average Bonchev–Trinajstić information content (AvgIpc) is 2.86. The second kappa shape index (κ2) is 9.27. The van der Waals surface area contributed by atoms with E-state index in [1.165, 1.54) is 0 Å². The van der Waals surface area contributed by atoms with Crippen LogP contribution >= 0.6 is 0 Å². The number of anilines is 2. The summed E-state index contributed by atoms with van der Waals surface area (Å²) >= 11 is 0. The minimum absolute atomic E-state index is 0.0151. The monoisotopic (exact) mass is 504 g/mol. The number of nitrogen functional groups attached to an aromatic ring is 2. The molecule has 1 heterocycles. The van der Waals surface area contributed by atoms with Gasteiger partial charge in [0.2, 0.25) is 0 Å². The lowest BCUT2D eigenvalue weighted by molar-refractivity contribution is -0.137. The van der Waals surface area contributed by atoms with Crippen molar-refractivity contribution in [2.75, 3.05) is 11.5 Å². The van der Waals surface area contributed by atoms with Crippen molar-refractivity contribution in [2.45, 2.75) is 6.18 Å². The fraction of sp³-hybridized carbons (Fsp3) is 0.0357. The van der Waals surface area contributed by atoms with Gasteiger partial charge in [-0.15, -0.1) is 0 Å². The van der Waals surface area contributed by atoms with Crippen LogP contribution in [0.2, 0.25) is 0 Å². The number of alkyl halides is 3. The van der Waals surface area contributed by atoms with Crippen LogP contribution in [0.25, 0.3) is 22.3 Å². The molecule has 6 nitrogen and oxygen atoms in total. The molecule has 0 saturated carbocycles. The van der Waals surface area contributed by atoms with Crippen LogP contribution in [-0.2, 0) is 6.18 Å². The van der Waals surface area contributed by atoms with Crippen LogP contribution in [0.1, 0.15) is 5.56 Å². The number of halogens is 3. The first-order chi connectivity index (χ1) is 17.6. The molecule has 0 aliphatic heterocycles. The zero-order chi connectivity index (χ0) is 26.2. The average molecular weight is 504 g/mol. The van der Waals surface area contributed by atoms with Crippen LogP contribution in [0, 0.1) is 0 Å². The molecule has 0 saturated heterocycles. The number of hydrogen-bond acceptors (Lipinski definition) is 6. The molecule has 0 aliphatic carbocycles. The summed E-state index contributed by atoms with van der Waals surface area (Å²) in [5, 5.41) is -0.175. The molecule has 186 valence electrons. The van der Waals surface area contributed by atoms with Gasteiger partial charge in [0.15, 0.2) is 5.43 Å². The van der Waals surface area contributed by atoms with Crippen molar-refractivity contribution in [1.82, 2.24) is 0 Å². The van der Waals surface area contributed by atoms with Crippen LogP contribution < -0.4 is 26.4 Å². The zero-order valence-corrected chi connectivity index (χ0v) is 19.1. The largest absolute Gasteiger partial charge is 0.457 e. The van der Waals surface area contributed by atoms with Crippen molar-refractivity contribution in [3.05, 3.63) is 107 Å². The highest BCUT2D eigenvalue weighted by molar-refractivity contribution is 5.80. The molecule has 0 amide bonds. The van der Waals surface area contributed by atoms with E-state index in [1.54, 1.807) is 66.7 Å². The summed E-state index contributed by atoms with van der Waals surface area (Å²) in [4.78, 5) is 12.8. The Balaban J connectivity index is 1.58. The number of ether oxygens (including phenoxy) is 2. The van der Waals surface area contributed by atoms with E-state index in [9.17, 15) is 18.0 Å². The number of fused-ring (bicyclic) bond motifs is 1. The van der Waals surface area contributed by atoms with Gasteiger partial charge in [-0.3, -0.25) is 4.79 Å². The van der Waals surface area contributed by atoms with Crippen molar-refractivity contribution in [3.63, 3.8) is 0 Å². The van der Waals surface area contributed by atoms with Gasteiger partial charge in [-0.1, -0.05) is 0 Å². The van der Waals surface area contributed by atoms with E-state index in [-0.39, 0.29) is 16.7 Å².